The van der Waals surface area contributed by atoms with Crippen LogP contribution in [-0.2, 0) is 27.8 Å². The van der Waals surface area contributed by atoms with Gasteiger partial charge < -0.3 is 29.7 Å². The zero-order valence-corrected chi connectivity index (χ0v) is 20.0. The van der Waals surface area contributed by atoms with Crippen LogP contribution in [0.2, 0.25) is 0 Å². The first-order chi connectivity index (χ1) is 16.2. The molecule has 0 saturated carbocycles. The Bertz CT molecular complexity index is 1170. The Balaban J connectivity index is 1.78. The first-order valence-corrected chi connectivity index (χ1v) is 11.0. The molecule has 3 rings (SSSR count). The standard InChI is InChI=1S/C24H31N5O5/c1-14(2)9-18(22(30)28-20(24(32)34-5)10-15-12-25-13-29(15)3)27-23(31)19-11-16-17(26-19)7-6-8-21(16)33-4/h6-8,11-14,18,20,26H,9-10H2,1-5H3,(H,27,31)(H,28,30)/t18-,20-/m0/s1. The molecule has 2 aromatic heterocycles. The lowest BCUT2D eigenvalue weighted by molar-refractivity contribution is -0.145. The summed E-state index contributed by atoms with van der Waals surface area (Å²) in [5, 5.41) is 6.31. The Morgan fingerprint density at radius 1 is 1.15 bits per heavy atom. The van der Waals surface area contributed by atoms with Crippen molar-refractivity contribution in [1.29, 1.82) is 0 Å². The molecular weight excluding hydrogens is 438 g/mol. The largest absolute Gasteiger partial charge is 0.496 e. The first kappa shape index (κ1) is 24.8. The van der Waals surface area contributed by atoms with E-state index in [0.717, 1.165) is 16.6 Å². The number of nitrogens with one attached hydrogen (secondary N) is 3. The predicted molar refractivity (Wildman–Crippen MR) is 126 cm³/mol. The topological polar surface area (TPSA) is 127 Å². The van der Waals surface area contributed by atoms with Gasteiger partial charge in [-0.15, -0.1) is 0 Å². The van der Waals surface area contributed by atoms with Crippen LogP contribution < -0.4 is 15.4 Å². The summed E-state index contributed by atoms with van der Waals surface area (Å²) in [6.07, 6.45) is 3.84. The smallest absolute Gasteiger partial charge is 0.328 e. The highest BCUT2D eigenvalue weighted by molar-refractivity contribution is 6.01. The number of hydrogen-bond acceptors (Lipinski definition) is 6. The fourth-order valence-corrected chi connectivity index (χ4v) is 3.76. The SMILES string of the molecule is COC(=O)[C@H](Cc1cncn1C)NC(=O)[C@H](CC(C)C)NC(=O)c1cc2c(OC)cccc2[nH]1. The van der Waals surface area contributed by atoms with Crippen LogP contribution in [0.4, 0.5) is 0 Å². The van der Waals surface area contributed by atoms with Crippen LogP contribution >= 0.6 is 0 Å². The number of aromatic amines is 1. The van der Waals surface area contributed by atoms with Crippen LogP contribution in [0, 0.1) is 5.92 Å². The third-order valence-corrected chi connectivity index (χ3v) is 5.55. The number of carbonyl (C=O) groups is 3. The van der Waals surface area contributed by atoms with Gasteiger partial charge in [-0.3, -0.25) is 9.59 Å². The van der Waals surface area contributed by atoms with Gasteiger partial charge in [0.2, 0.25) is 5.91 Å². The molecule has 0 spiro atoms. The summed E-state index contributed by atoms with van der Waals surface area (Å²) < 4.78 is 12.0. The van der Waals surface area contributed by atoms with Crippen LogP contribution in [-0.4, -0.2) is 58.6 Å². The molecule has 0 aliphatic rings. The predicted octanol–water partition coefficient (Wildman–Crippen LogP) is 1.95. The number of benzene rings is 1. The molecule has 3 N–H and O–H groups in total. The summed E-state index contributed by atoms with van der Waals surface area (Å²) >= 11 is 0. The molecule has 10 heteroatoms. The van der Waals surface area contributed by atoms with E-state index in [0.29, 0.717) is 17.9 Å². The fourth-order valence-electron chi connectivity index (χ4n) is 3.76. The molecule has 1 aromatic carbocycles. The lowest BCUT2D eigenvalue weighted by atomic mass is 10.0. The van der Waals surface area contributed by atoms with Crippen molar-refractivity contribution < 1.29 is 23.9 Å². The number of hydrogen-bond donors (Lipinski definition) is 3. The number of amides is 2. The molecule has 10 nitrogen and oxygen atoms in total. The second-order valence-corrected chi connectivity index (χ2v) is 8.54. The van der Waals surface area contributed by atoms with E-state index < -0.39 is 29.9 Å². The highest BCUT2D eigenvalue weighted by Gasteiger charge is 2.29. The van der Waals surface area contributed by atoms with Crippen molar-refractivity contribution in [2.75, 3.05) is 14.2 Å². The van der Waals surface area contributed by atoms with Gasteiger partial charge >= 0.3 is 5.97 Å². The van der Waals surface area contributed by atoms with Gasteiger partial charge in [-0.1, -0.05) is 19.9 Å². The minimum absolute atomic E-state index is 0.118. The lowest BCUT2D eigenvalue weighted by Crippen LogP contribution is -2.53. The Kier molecular flexibility index (Phi) is 7.93. The summed E-state index contributed by atoms with van der Waals surface area (Å²) in [7, 11) is 4.63. The van der Waals surface area contributed by atoms with Crippen molar-refractivity contribution >= 4 is 28.7 Å². The van der Waals surface area contributed by atoms with Crippen LogP contribution in [0.25, 0.3) is 10.9 Å². The maximum Gasteiger partial charge on any atom is 0.328 e. The molecule has 0 unspecified atom stereocenters. The molecule has 2 heterocycles. The number of methoxy groups -OCH3 is 2. The van der Waals surface area contributed by atoms with Gasteiger partial charge in [-0.2, -0.15) is 0 Å². The number of imidazole rings is 1. The van der Waals surface area contributed by atoms with Gasteiger partial charge in [0.1, 0.15) is 23.5 Å². The van der Waals surface area contributed by atoms with Crippen molar-refractivity contribution in [1.82, 2.24) is 25.2 Å². The Morgan fingerprint density at radius 2 is 1.91 bits per heavy atom. The lowest BCUT2D eigenvalue weighted by Gasteiger charge is -2.23. The van der Waals surface area contributed by atoms with Crippen LogP contribution in [0.15, 0.2) is 36.8 Å². The normalized spacial score (nSPS) is 12.9. The number of ether oxygens (including phenoxy) is 2. The quantitative estimate of drug-likeness (QED) is 0.390. The van der Waals surface area contributed by atoms with Gasteiger partial charge in [0.15, 0.2) is 0 Å². The van der Waals surface area contributed by atoms with Gasteiger partial charge in [-0.05, 0) is 30.5 Å². The van der Waals surface area contributed by atoms with Gasteiger partial charge in [0.25, 0.3) is 5.91 Å². The van der Waals surface area contributed by atoms with Crippen LogP contribution in [0.5, 0.6) is 5.75 Å². The van der Waals surface area contributed by atoms with Crippen molar-refractivity contribution in [2.45, 2.75) is 38.8 Å². The van der Waals surface area contributed by atoms with Gasteiger partial charge in [0, 0.05) is 36.3 Å². The molecule has 182 valence electrons. The van der Waals surface area contributed by atoms with Crippen molar-refractivity contribution in [3.63, 3.8) is 0 Å². The maximum absolute atomic E-state index is 13.2. The second kappa shape index (κ2) is 10.9. The second-order valence-electron chi connectivity index (χ2n) is 8.54. The number of nitrogens with zero attached hydrogens (tertiary/aromatic N) is 2. The Morgan fingerprint density at radius 3 is 2.53 bits per heavy atom. The molecule has 0 radical (unpaired) electrons. The minimum Gasteiger partial charge on any atom is -0.496 e. The Labute approximate surface area is 198 Å². The third kappa shape index (κ3) is 5.75. The number of carbonyl (C=O) groups excluding carboxylic acids is 3. The van der Waals surface area contributed by atoms with E-state index in [4.69, 9.17) is 9.47 Å². The zero-order valence-electron chi connectivity index (χ0n) is 20.0. The molecule has 34 heavy (non-hydrogen) atoms. The number of aromatic nitrogens is 3. The molecule has 0 aliphatic heterocycles. The molecule has 0 saturated heterocycles. The fraction of sp³-hybridized carbons (Fsp3) is 0.417. The summed E-state index contributed by atoms with van der Waals surface area (Å²) in [6, 6.07) is 5.39. The highest BCUT2D eigenvalue weighted by atomic mass is 16.5. The monoisotopic (exact) mass is 469 g/mol. The molecule has 0 fully saturated rings. The molecule has 0 aliphatic carbocycles. The summed E-state index contributed by atoms with van der Waals surface area (Å²) in [6.45, 7) is 3.90. The number of aryl methyl sites for hydroxylation is 1. The summed E-state index contributed by atoms with van der Waals surface area (Å²) in [5.41, 5.74) is 1.81. The van der Waals surface area contributed by atoms with E-state index in [1.165, 1.54) is 7.11 Å². The van der Waals surface area contributed by atoms with Gasteiger partial charge in [0.05, 0.1) is 20.5 Å². The first-order valence-electron chi connectivity index (χ1n) is 11.0. The van der Waals surface area contributed by atoms with Gasteiger partial charge in [-0.25, -0.2) is 9.78 Å². The zero-order chi connectivity index (χ0) is 24.8. The summed E-state index contributed by atoms with van der Waals surface area (Å²) in [5.74, 6) is -0.714. The van der Waals surface area contributed by atoms with E-state index in [1.54, 1.807) is 37.3 Å². The number of rotatable bonds is 10. The van der Waals surface area contributed by atoms with Crippen LogP contribution in [0.3, 0.4) is 0 Å². The van der Waals surface area contributed by atoms with Crippen molar-refractivity contribution in [3.8, 4) is 5.75 Å². The van der Waals surface area contributed by atoms with E-state index in [-0.39, 0.29) is 12.3 Å². The number of esters is 1. The van der Waals surface area contributed by atoms with Crippen molar-refractivity contribution in [3.05, 3.63) is 48.2 Å². The number of fused-ring (bicyclic) bond motifs is 1. The van der Waals surface area contributed by atoms with Crippen LogP contribution in [0.1, 0.15) is 36.5 Å². The molecule has 3 aromatic rings. The van der Waals surface area contributed by atoms with E-state index in [2.05, 4.69) is 20.6 Å². The molecule has 0 bridgehead atoms. The van der Waals surface area contributed by atoms with E-state index in [1.807, 2.05) is 32.0 Å². The summed E-state index contributed by atoms with van der Waals surface area (Å²) in [4.78, 5) is 45.7. The minimum atomic E-state index is -0.920. The van der Waals surface area contributed by atoms with E-state index >= 15 is 0 Å². The van der Waals surface area contributed by atoms with E-state index in [9.17, 15) is 14.4 Å². The molecular formula is C24H31N5O5. The molecule has 2 atom stereocenters. The maximum atomic E-state index is 13.2. The highest BCUT2D eigenvalue weighted by Crippen LogP contribution is 2.26. The van der Waals surface area contributed by atoms with Crippen molar-refractivity contribution in [2.24, 2.45) is 13.0 Å². The third-order valence-electron chi connectivity index (χ3n) is 5.55. The average Bonchev–Trinajstić information content (AvgIpc) is 3.43. The average molecular weight is 470 g/mol. The number of H-pyrrole nitrogens is 1. The Hall–Kier alpha value is -3.82. The molecule has 2 amide bonds.